The van der Waals surface area contributed by atoms with Crippen molar-refractivity contribution < 1.29 is 27.1 Å². The standard InChI is InChI=1S/C14H14F4O2/c1-6-9(15)11(17)7(12(18)10(6)16)5-20-13(19)8-4-14(8,2)3/h8H,4-5H2,1-3H3/t8-/m0/s1. The average molecular weight is 290 g/mol. The minimum absolute atomic E-state index is 0.196. The Morgan fingerprint density at radius 2 is 1.60 bits per heavy atom. The summed E-state index contributed by atoms with van der Waals surface area (Å²) in [7, 11) is 0. The Labute approximate surface area is 113 Å². The van der Waals surface area contributed by atoms with Crippen molar-refractivity contribution in [2.45, 2.75) is 33.8 Å². The van der Waals surface area contributed by atoms with Crippen LogP contribution in [0.5, 0.6) is 0 Å². The normalized spacial score (nSPS) is 19.9. The molecule has 0 aromatic heterocycles. The maximum atomic E-state index is 13.5. The van der Waals surface area contributed by atoms with Gasteiger partial charge in [0.1, 0.15) is 6.61 Å². The van der Waals surface area contributed by atoms with Gasteiger partial charge in [0.15, 0.2) is 23.3 Å². The molecule has 0 N–H and O–H groups in total. The van der Waals surface area contributed by atoms with E-state index < -0.39 is 47.0 Å². The van der Waals surface area contributed by atoms with Gasteiger partial charge >= 0.3 is 5.97 Å². The molecule has 1 aromatic carbocycles. The third-order valence-electron chi connectivity index (χ3n) is 3.73. The van der Waals surface area contributed by atoms with Gasteiger partial charge in [0.2, 0.25) is 0 Å². The summed E-state index contributed by atoms with van der Waals surface area (Å²) in [5, 5.41) is 0. The van der Waals surface area contributed by atoms with Crippen LogP contribution in [0.1, 0.15) is 31.4 Å². The molecule has 0 radical (unpaired) electrons. The van der Waals surface area contributed by atoms with Crippen molar-refractivity contribution in [3.8, 4) is 0 Å². The van der Waals surface area contributed by atoms with Crippen molar-refractivity contribution in [1.29, 1.82) is 0 Å². The molecular formula is C14H14F4O2. The van der Waals surface area contributed by atoms with Crippen molar-refractivity contribution in [3.05, 3.63) is 34.4 Å². The molecule has 1 aromatic rings. The van der Waals surface area contributed by atoms with Crippen molar-refractivity contribution >= 4 is 5.97 Å². The van der Waals surface area contributed by atoms with Crippen molar-refractivity contribution in [1.82, 2.24) is 0 Å². The molecule has 2 rings (SSSR count). The maximum absolute atomic E-state index is 13.5. The van der Waals surface area contributed by atoms with Gasteiger partial charge in [0, 0.05) is 5.56 Å². The first-order valence-electron chi connectivity index (χ1n) is 6.15. The van der Waals surface area contributed by atoms with Crippen LogP contribution in [0.15, 0.2) is 0 Å². The van der Waals surface area contributed by atoms with Crippen molar-refractivity contribution in [3.63, 3.8) is 0 Å². The molecule has 6 heteroatoms. The molecule has 0 amide bonds. The number of carbonyl (C=O) groups excluding carboxylic acids is 1. The second kappa shape index (κ2) is 4.75. The first-order chi connectivity index (χ1) is 9.16. The molecule has 0 heterocycles. The fraction of sp³-hybridized carbons (Fsp3) is 0.500. The Balaban J connectivity index is 2.17. The minimum Gasteiger partial charge on any atom is -0.460 e. The van der Waals surface area contributed by atoms with E-state index in [2.05, 4.69) is 0 Å². The van der Waals surface area contributed by atoms with Crippen LogP contribution in [0.3, 0.4) is 0 Å². The van der Waals surface area contributed by atoms with Gasteiger partial charge < -0.3 is 4.74 Å². The lowest BCUT2D eigenvalue weighted by atomic mass is 10.1. The topological polar surface area (TPSA) is 26.3 Å². The van der Waals surface area contributed by atoms with Gasteiger partial charge in [-0.15, -0.1) is 0 Å². The van der Waals surface area contributed by atoms with Gasteiger partial charge in [-0.2, -0.15) is 0 Å². The van der Waals surface area contributed by atoms with Crippen molar-refractivity contribution in [2.24, 2.45) is 11.3 Å². The molecule has 110 valence electrons. The third kappa shape index (κ3) is 2.39. The second-order valence-electron chi connectivity index (χ2n) is 5.71. The van der Waals surface area contributed by atoms with Crippen LogP contribution in [0.4, 0.5) is 17.6 Å². The lowest BCUT2D eigenvalue weighted by Gasteiger charge is -2.10. The first-order valence-corrected chi connectivity index (χ1v) is 6.15. The Morgan fingerprint density at radius 3 is 2.00 bits per heavy atom. The zero-order chi connectivity index (χ0) is 15.2. The average Bonchev–Trinajstić information content (AvgIpc) is 3.03. The summed E-state index contributed by atoms with van der Waals surface area (Å²) in [5.74, 6) is -6.94. The van der Waals surface area contributed by atoms with Gasteiger partial charge in [-0.05, 0) is 18.8 Å². The Morgan fingerprint density at radius 1 is 1.15 bits per heavy atom. The SMILES string of the molecule is Cc1c(F)c(F)c(COC(=O)[C@@H]2CC2(C)C)c(F)c1F. The van der Waals surface area contributed by atoms with Crippen LogP contribution in [0.2, 0.25) is 0 Å². The van der Waals surface area contributed by atoms with Crippen LogP contribution in [0, 0.1) is 41.5 Å². The maximum Gasteiger partial charge on any atom is 0.309 e. The number of hydrogen-bond donors (Lipinski definition) is 0. The van der Waals surface area contributed by atoms with E-state index in [9.17, 15) is 22.4 Å². The minimum atomic E-state index is -1.52. The number of halogens is 4. The number of carbonyl (C=O) groups is 1. The van der Waals surface area contributed by atoms with Crippen LogP contribution < -0.4 is 0 Å². The largest absolute Gasteiger partial charge is 0.460 e. The van der Waals surface area contributed by atoms with Crippen LogP contribution in [-0.2, 0) is 16.1 Å². The monoisotopic (exact) mass is 290 g/mol. The van der Waals surface area contributed by atoms with Gasteiger partial charge in [0.25, 0.3) is 0 Å². The molecule has 0 saturated heterocycles. The number of hydrogen-bond acceptors (Lipinski definition) is 2. The number of rotatable bonds is 3. The van der Waals surface area contributed by atoms with E-state index in [0.29, 0.717) is 6.42 Å². The highest BCUT2D eigenvalue weighted by Gasteiger charge is 2.51. The molecule has 1 fully saturated rings. The number of ether oxygens (including phenoxy) is 1. The summed E-state index contributed by atoms with van der Waals surface area (Å²) in [5.41, 5.74) is -1.84. The highest BCUT2D eigenvalue weighted by Crippen LogP contribution is 2.52. The summed E-state index contributed by atoms with van der Waals surface area (Å²) in [6.07, 6.45) is 0.618. The van der Waals surface area contributed by atoms with E-state index in [0.717, 1.165) is 6.92 Å². The summed E-state index contributed by atoms with van der Waals surface area (Å²) in [6.45, 7) is 3.81. The van der Waals surface area contributed by atoms with Gasteiger partial charge in [0.05, 0.1) is 11.5 Å². The molecule has 2 nitrogen and oxygen atoms in total. The van der Waals surface area contributed by atoms with E-state index in [4.69, 9.17) is 4.74 Å². The Hall–Kier alpha value is -1.59. The molecule has 1 atom stereocenters. The van der Waals surface area contributed by atoms with E-state index in [1.54, 1.807) is 0 Å². The van der Waals surface area contributed by atoms with Crippen molar-refractivity contribution in [2.75, 3.05) is 0 Å². The highest BCUT2D eigenvalue weighted by molar-refractivity contribution is 5.76. The number of esters is 1. The Bertz CT molecular complexity index is 552. The zero-order valence-corrected chi connectivity index (χ0v) is 11.3. The lowest BCUT2D eigenvalue weighted by Crippen LogP contribution is -2.14. The third-order valence-corrected chi connectivity index (χ3v) is 3.73. The predicted octanol–water partition coefficient (Wildman–Crippen LogP) is 3.64. The number of benzene rings is 1. The molecule has 1 aliphatic carbocycles. The molecule has 1 saturated carbocycles. The van der Waals surface area contributed by atoms with Gasteiger partial charge in [-0.25, -0.2) is 17.6 Å². The summed E-state index contributed by atoms with van der Waals surface area (Å²) in [4.78, 5) is 11.6. The molecule has 0 spiro atoms. The molecule has 0 unspecified atom stereocenters. The van der Waals surface area contributed by atoms with Gasteiger partial charge in [-0.3, -0.25) is 4.79 Å². The molecular weight excluding hydrogens is 276 g/mol. The van der Waals surface area contributed by atoms with Crippen LogP contribution >= 0.6 is 0 Å². The zero-order valence-electron chi connectivity index (χ0n) is 11.3. The summed E-state index contributed by atoms with van der Waals surface area (Å²) < 4.78 is 58.5. The highest BCUT2D eigenvalue weighted by atomic mass is 19.2. The first kappa shape index (κ1) is 14.8. The fourth-order valence-electron chi connectivity index (χ4n) is 2.03. The smallest absolute Gasteiger partial charge is 0.309 e. The second-order valence-corrected chi connectivity index (χ2v) is 5.71. The van der Waals surface area contributed by atoms with Gasteiger partial charge in [-0.1, -0.05) is 13.8 Å². The van der Waals surface area contributed by atoms with Crippen LogP contribution in [-0.4, -0.2) is 5.97 Å². The molecule has 1 aliphatic rings. The van der Waals surface area contributed by atoms with Crippen LogP contribution in [0.25, 0.3) is 0 Å². The summed E-state index contributed by atoms with van der Waals surface area (Å²) in [6, 6.07) is 0. The fourth-order valence-corrected chi connectivity index (χ4v) is 2.03. The molecule has 0 bridgehead atoms. The Kier molecular flexibility index (Phi) is 3.52. The summed E-state index contributed by atoms with van der Waals surface area (Å²) >= 11 is 0. The van der Waals surface area contributed by atoms with E-state index in [1.165, 1.54) is 0 Å². The quantitative estimate of drug-likeness (QED) is 0.482. The van der Waals surface area contributed by atoms with E-state index >= 15 is 0 Å². The van der Waals surface area contributed by atoms with E-state index in [1.807, 2.05) is 13.8 Å². The lowest BCUT2D eigenvalue weighted by molar-refractivity contribution is -0.147. The molecule has 0 aliphatic heterocycles. The van der Waals surface area contributed by atoms with E-state index in [-0.39, 0.29) is 11.3 Å². The predicted molar refractivity (Wildman–Crippen MR) is 62.7 cm³/mol. The molecule has 20 heavy (non-hydrogen) atoms.